The van der Waals surface area contributed by atoms with Crippen LogP contribution in [0.15, 0.2) is 28.7 Å². The highest BCUT2D eigenvalue weighted by molar-refractivity contribution is 5.90. The number of ether oxygens (including phenoxy) is 1. The van der Waals surface area contributed by atoms with Gasteiger partial charge in [0.2, 0.25) is 5.91 Å². The third-order valence-electron chi connectivity index (χ3n) is 3.62. The monoisotopic (exact) mass is 303 g/mol. The molecule has 0 radical (unpaired) electrons. The smallest absolute Gasteiger partial charge is 0.315 e. The first-order valence-electron chi connectivity index (χ1n) is 6.99. The van der Waals surface area contributed by atoms with E-state index in [1.165, 1.54) is 0 Å². The summed E-state index contributed by atoms with van der Waals surface area (Å²) in [6, 6.07) is 6.27. The summed E-state index contributed by atoms with van der Waals surface area (Å²) in [6.45, 7) is 2.11. The van der Waals surface area contributed by atoms with Crippen LogP contribution in [-0.4, -0.2) is 31.6 Å². The average molecular weight is 303 g/mol. The third kappa shape index (κ3) is 2.57. The molecule has 1 aliphatic rings. The standard InChI is InChI=1S/C15H17N3O4/c1-8(17-14(19)10-7-16-15(20)18-10)12-6-9-4-3-5-11(21-2)13(9)22-12/h3-6,8,10H,7H2,1-2H3,(H,17,19)(H2,16,18,20)/t8-,10-/m0/s1. The summed E-state index contributed by atoms with van der Waals surface area (Å²) >= 11 is 0. The van der Waals surface area contributed by atoms with Crippen molar-refractivity contribution in [2.45, 2.75) is 19.0 Å². The number of methoxy groups -OCH3 is 1. The van der Waals surface area contributed by atoms with Gasteiger partial charge < -0.3 is 25.1 Å². The summed E-state index contributed by atoms with van der Waals surface area (Å²) in [5.41, 5.74) is 0.650. The first-order chi connectivity index (χ1) is 10.6. The zero-order chi connectivity index (χ0) is 15.7. The van der Waals surface area contributed by atoms with Gasteiger partial charge in [-0.15, -0.1) is 0 Å². The number of para-hydroxylation sites is 1. The van der Waals surface area contributed by atoms with E-state index in [4.69, 9.17) is 9.15 Å². The van der Waals surface area contributed by atoms with Gasteiger partial charge in [-0.25, -0.2) is 4.79 Å². The lowest BCUT2D eigenvalue weighted by atomic mass is 10.2. The van der Waals surface area contributed by atoms with Gasteiger partial charge in [0.05, 0.1) is 13.2 Å². The Balaban J connectivity index is 1.76. The second-order valence-electron chi connectivity index (χ2n) is 5.16. The first-order valence-corrected chi connectivity index (χ1v) is 6.99. The lowest BCUT2D eigenvalue weighted by Crippen LogP contribution is -2.43. The second kappa shape index (κ2) is 5.59. The molecule has 2 heterocycles. The van der Waals surface area contributed by atoms with Gasteiger partial charge in [0.25, 0.3) is 0 Å². The number of urea groups is 1. The fraction of sp³-hybridized carbons (Fsp3) is 0.333. The molecule has 0 unspecified atom stereocenters. The summed E-state index contributed by atoms with van der Waals surface area (Å²) in [4.78, 5) is 23.1. The molecule has 0 spiro atoms. The number of carbonyl (C=O) groups is 2. The lowest BCUT2D eigenvalue weighted by Gasteiger charge is -2.14. The summed E-state index contributed by atoms with van der Waals surface area (Å²) in [5.74, 6) is 1.03. The quantitative estimate of drug-likeness (QED) is 0.794. The fourth-order valence-corrected chi connectivity index (χ4v) is 2.43. The molecule has 2 aromatic rings. The van der Waals surface area contributed by atoms with E-state index in [-0.39, 0.29) is 24.5 Å². The fourth-order valence-electron chi connectivity index (χ4n) is 2.43. The van der Waals surface area contributed by atoms with E-state index in [2.05, 4.69) is 16.0 Å². The Morgan fingerprint density at radius 3 is 3.00 bits per heavy atom. The number of amides is 3. The number of fused-ring (bicyclic) bond motifs is 1. The molecule has 116 valence electrons. The van der Waals surface area contributed by atoms with Crippen molar-refractivity contribution in [2.75, 3.05) is 13.7 Å². The van der Waals surface area contributed by atoms with Crippen molar-refractivity contribution in [3.63, 3.8) is 0 Å². The van der Waals surface area contributed by atoms with Crippen LogP contribution in [0, 0.1) is 0 Å². The number of hydrogen-bond acceptors (Lipinski definition) is 4. The minimum atomic E-state index is -0.561. The largest absolute Gasteiger partial charge is 0.493 e. The second-order valence-corrected chi connectivity index (χ2v) is 5.16. The van der Waals surface area contributed by atoms with Gasteiger partial charge in [-0.1, -0.05) is 12.1 Å². The maximum atomic E-state index is 12.1. The number of furan rings is 1. The Kier molecular flexibility index (Phi) is 3.62. The van der Waals surface area contributed by atoms with Crippen LogP contribution in [0.3, 0.4) is 0 Å². The van der Waals surface area contributed by atoms with Gasteiger partial charge in [0, 0.05) is 11.9 Å². The van der Waals surface area contributed by atoms with Crippen molar-refractivity contribution in [1.82, 2.24) is 16.0 Å². The maximum absolute atomic E-state index is 12.1. The molecule has 0 aliphatic carbocycles. The number of nitrogens with one attached hydrogen (secondary N) is 3. The maximum Gasteiger partial charge on any atom is 0.315 e. The Morgan fingerprint density at radius 2 is 2.32 bits per heavy atom. The predicted molar refractivity (Wildman–Crippen MR) is 79.6 cm³/mol. The normalized spacial score (nSPS) is 18.6. The number of benzene rings is 1. The van der Waals surface area contributed by atoms with E-state index < -0.39 is 6.04 Å². The van der Waals surface area contributed by atoms with E-state index in [1.807, 2.05) is 31.2 Å². The van der Waals surface area contributed by atoms with E-state index in [0.717, 1.165) is 5.39 Å². The topological polar surface area (TPSA) is 92.6 Å². The van der Waals surface area contributed by atoms with Gasteiger partial charge in [-0.05, 0) is 19.1 Å². The lowest BCUT2D eigenvalue weighted by molar-refractivity contribution is -0.123. The minimum absolute atomic E-state index is 0.252. The van der Waals surface area contributed by atoms with Crippen LogP contribution < -0.4 is 20.7 Å². The van der Waals surface area contributed by atoms with E-state index >= 15 is 0 Å². The van der Waals surface area contributed by atoms with Gasteiger partial charge >= 0.3 is 6.03 Å². The van der Waals surface area contributed by atoms with Crippen molar-refractivity contribution in [3.05, 3.63) is 30.0 Å². The predicted octanol–water partition coefficient (Wildman–Crippen LogP) is 1.30. The van der Waals surface area contributed by atoms with Crippen LogP contribution in [-0.2, 0) is 4.79 Å². The van der Waals surface area contributed by atoms with Crippen LogP contribution in [0.2, 0.25) is 0 Å². The van der Waals surface area contributed by atoms with Crippen LogP contribution >= 0.6 is 0 Å². The summed E-state index contributed by atoms with van der Waals surface area (Å²) in [6.07, 6.45) is 0. The van der Waals surface area contributed by atoms with Gasteiger partial charge in [0.15, 0.2) is 11.3 Å². The molecule has 3 rings (SSSR count). The highest BCUT2D eigenvalue weighted by Crippen LogP contribution is 2.30. The Hall–Kier alpha value is -2.70. The van der Waals surface area contributed by atoms with Crippen LogP contribution in [0.4, 0.5) is 4.79 Å². The molecule has 3 N–H and O–H groups in total. The van der Waals surface area contributed by atoms with Crippen molar-refractivity contribution < 1.29 is 18.7 Å². The molecule has 7 nitrogen and oxygen atoms in total. The average Bonchev–Trinajstić information content (AvgIpc) is 3.12. The summed E-state index contributed by atoms with van der Waals surface area (Å²) in [7, 11) is 1.58. The van der Waals surface area contributed by atoms with Gasteiger partial charge in [-0.3, -0.25) is 4.79 Å². The van der Waals surface area contributed by atoms with Gasteiger partial charge in [-0.2, -0.15) is 0 Å². The molecular formula is C15H17N3O4. The molecule has 2 atom stereocenters. The summed E-state index contributed by atoms with van der Waals surface area (Å²) in [5, 5.41) is 8.83. The van der Waals surface area contributed by atoms with Crippen molar-refractivity contribution in [2.24, 2.45) is 0 Å². The van der Waals surface area contributed by atoms with Crippen LogP contribution in [0.1, 0.15) is 18.7 Å². The molecule has 1 aliphatic heterocycles. The number of rotatable bonds is 4. The van der Waals surface area contributed by atoms with E-state index in [0.29, 0.717) is 17.1 Å². The van der Waals surface area contributed by atoms with Crippen LogP contribution in [0.25, 0.3) is 11.0 Å². The van der Waals surface area contributed by atoms with E-state index in [9.17, 15) is 9.59 Å². The Morgan fingerprint density at radius 1 is 1.50 bits per heavy atom. The van der Waals surface area contributed by atoms with Crippen molar-refractivity contribution in [1.29, 1.82) is 0 Å². The Bertz CT molecular complexity index is 725. The molecule has 0 saturated carbocycles. The molecule has 0 bridgehead atoms. The number of hydrogen-bond donors (Lipinski definition) is 3. The highest BCUT2D eigenvalue weighted by Gasteiger charge is 2.28. The zero-order valence-electron chi connectivity index (χ0n) is 12.3. The molecule has 7 heteroatoms. The Labute approximate surface area is 127 Å². The molecular weight excluding hydrogens is 286 g/mol. The summed E-state index contributed by atoms with van der Waals surface area (Å²) < 4.78 is 11.1. The van der Waals surface area contributed by atoms with Crippen molar-refractivity contribution in [3.8, 4) is 5.75 Å². The highest BCUT2D eigenvalue weighted by atomic mass is 16.5. The van der Waals surface area contributed by atoms with E-state index in [1.54, 1.807) is 7.11 Å². The SMILES string of the molecule is COc1cccc2cc([C@H](C)NC(=O)[C@@H]3CNC(=O)N3)oc12. The third-order valence-corrected chi connectivity index (χ3v) is 3.62. The number of carbonyl (C=O) groups excluding carboxylic acids is 2. The van der Waals surface area contributed by atoms with Crippen LogP contribution in [0.5, 0.6) is 5.75 Å². The molecule has 1 aromatic carbocycles. The molecule has 1 fully saturated rings. The minimum Gasteiger partial charge on any atom is -0.493 e. The van der Waals surface area contributed by atoms with Crippen molar-refractivity contribution >= 4 is 22.9 Å². The van der Waals surface area contributed by atoms with Gasteiger partial charge in [0.1, 0.15) is 11.8 Å². The first kappa shape index (κ1) is 14.2. The molecule has 22 heavy (non-hydrogen) atoms. The molecule has 1 aromatic heterocycles. The zero-order valence-corrected chi connectivity index (χ0v) is 12.3. The molecule has 3 amide bonds. The molecule has 1 saturated heterocycles.